The highest BCUT2D eigenvalue weighted by Gasteiger charge is 2.68. The van der Waals surface area contributed by atoms with E-state index in [2.05, 4.69) is 4.74 Å². The summed E-state index contributed by atoms with van der Waals surface area (Å²) in [5.41, 5.74) is -0.311. The first-order valence-corrected chi connectivity index (χ1v) is 10.1. The number of hydrogen-bond donors (Lipinski definition) is 0. The van der Waals surface area contributed by atoms with Gasteiger partial charge in [-0.3, -0.25) is 9.59 Å². The molecule has 1 saturated heterocycles. The van der Waals surface area contributed by atoms with Crippen molar-refractivity contribution >= 4 is 11.9 Å². The molecule has 0 spiro atoms. The maximum Gasteiger partial charge on any atom is 0.311 e. The standard InChI is InChI=1S/C14H18O2.C7H14O2.2CH4/c15-14-13-9-4-8(10(13)5-16-14)11-6-1-2-7(3-6)12(9)11;1-5-7(2,3)6(8)9-4;;/h6-13H,1-5H2;5H2,1-4H3;2*1H4. The second-order valence-corrected chi connectivity index (χ2v) is 9.60. The number of fused-ring (bicyclic) bond motifs is 12. The van der Waals surface area contributed by atoms with E-state index < -0.39 is 0 Å². The lowest BCUT2D eigenvalue weighted by Crippen LogP contribution is -2.38. The molecule has 27 heavy (non-hydrogen) atoms. The van der Waals surface area contributed by atoms with E-state index in [0.717, 1.165) is 48.5 Å². The van der Waals surface area contributed by atoms with Gasteiger partial charge in [0, 0.05) is 5.92 Å². The normalized spacial score (nSPS) is 42.1. The molecule has 0 aromatic carbocycles. The summed E-state index contributed by atoms with van der Waals surface area (Å²) in [7, 11) is 1.42. The second-order valence-electron chi connectivity index (χ2n) is 9.60. The Bertz CT molecular complexity index is 569. The van der Waals surface area contributed by atoms with Gasteiger partial charge in [-0.25, -0.2) is 0 Å². The van der Waals surface area contributed by atoms with E-state index in [1.807, 2.05) is 20.8 Å². The van der Waals surface area contributed by atoms with Crippen molar-refractivity contribution < 1.29 is 19.1 Å². The number of rotatable bonds is 2. The van der Waals surface area contributed by atoms with Gasteiger partial charge in [-0.05, 0) is 81.5 Å². The van der Waals surface area contributed by atoms with Gasteiger partial charge in [0.25, 0.3) is 0 Å². The topological polar surface area (TPSA) is 52.6 Å². The maximum atomic E-state index is 11.8. The van der Waals surface area contributed by atoms with E-state index in [0.29, 0.717) is 11.8 Å². The van der Waals surface area contributed by atoms with Crippen molar-refractivity contribution in [2.45, 2.75) is 67.7 Å². The first kappa shape index (κ1) is 22.2. The van der Waals surface area contributed by atoms with E-state index in [9.17, 15) is 9.59 Å². The Labute approximate surface area is 165 Å². The third-order valence-corrected chi connectivity index (χ3v) is 8.36. The quantitative estimate of drug-likeness (QED) is 0.502. The van der Waals surface area contributed by atoms with E-state index in [1.165, 1.54) is 32.8 Å². The lowest BCUT2D eigenvalue weighted by atomic mass is 9.64. The van der Waals surface area contributed by atoms with Crippen LogP contribution in [0.1, 0.15) is 67.7 Å². The molecule has 8 atom stereocenters. The first-order chi connectivity index (χ1) is 11.9. The van der Waals surface area contributed by atoms with Crippen LogP contribution < -0.4 is 0 Å². The molecule has 5 fully saturated rings. The van der Waals surface area contributed by atoms with Crippen LogP contribution in [0.2, 0.25) is 0 Å². The summed E-state index contributed by atoms with van der Waals surface area (Å²) in [4.78, 5) is 22.7. The smallest absolute Gasteiger partial charge is 0.311 e. The number of carbonyl (C=O) groups is 2. The molecule has 0 radical (unpaired) electrons. The molecule has 4 heteroatoms. The Kier molecular flexibility index (Phi) is 6.38. The minimum Gasteiger partial charge on any atom is -0.469 e. The van der Waals surface area contributed by atoms with Crippen LogP contribution in [0.4, 0.5) is 0 Å². The monoisotopic (exact) mass is 380 g/mol. The first-order valence-electron chi connectivity index (χ1n) is 10.1. The molecule has 0 aromatic heterocycles. The van der Waals surface area contributed by atoms with Crippen LogP contribution >= 0.6 is 0 Å². The lowest BCUT2D eigenvalue weighted by Gasteiger charge is -2.38. The Morgan fingerprint density at radius 1 is 1.07 bits per heavy atom. The van der Waals surface area contributed by atoms with Crippen molar-refractivity contribution in [2.24, 2.45) is 52.8 Å². The molecule has 156 valence electrons. The summed E-state index contributed by atoms with van der Waals surface area (Å²) in [6.07, 6.45) is 6.63. The summed E-state index contributed by atoms with van der Waals surface area (Å²) in [6.45, 7) is 6.47. The summed E-state index contributed by atoms with van der Waals surface area (Å²) >= 11 is 0. The number of methoxy groups -OCH3 is 1. The predicted molar refractivity (Wildman–Crippen MR) is 107 cm³/mol. The van der Waals surface area contributed by atoms with Crippen LogP contribution in [-0.4, -0.2) is 25.7 Å². The van der Waals surface area contributed by atoms with Crippen molar-refractivity contribution in [3.8, 4) is 0 Å². The van der Waals surface area contributed by atoms with E-state index in [-0.39, 0.29) is 32.2 Å². The average Bonchev–Trinajstić information content (AvgIpc) is 3.38. The Hall–Kier alpha value is -1.06. The second kappa shape index (κ2) is 7.75. The summed E-state index contributed by atoms with van der Waals surface area (Å²) in [5, 5.41) is 0. The van der Waals surface area contributed by atoms with Crippen molar-refractivity contribution in [3.05, 3.63) is 0 Å². The molecule has 4 saturated carbocycles. The molecule has 4 nitrogen and oxygen atoms in total. The zero-order valence-corrected chi connectivity index (χ0v) is 16.0. The summed E-state index contributed by atoms with van der Waals surface area (Å²) < 4.78 is 9.88. The highest BCUT2D eigenvalue weighted by Crippen LogP contribution is 2.71. The van der Waals surface area contributed by atoms with Gasteiger partial charge in [0.2, 0.25) is 0 Å². The minimum absolute atomic E-state index is 0. The van der Waals surface area contributed by atoms with Crippen molar-refractivity contribution in [3.63, 3.8) is 0 Å². The molecule has 8 unspecified atom stereocenters. The molecule has 5 aliphatic rings. The molecule has 1 heterocycles. The fourth-order valence-electron chi connectivity index (χ4n) is 6.98. The predicted octanol–water partition coefficient (Wildman–Crippen LogP) is 4.96. The summed E-state index contributed by atoms with van der Waals surface area (Å²) in [5.74, 6) is 6.50. The number of esters is 2. The highest BCUT2D eigenvalue weighted by atomic mass is 16.5. The lowest BCUT2D eigenvalue weighted by molar-refractivity contribution is -0.150. The fraction of sp³-hybridized carbons (Fsp3) is 0.913. The van der Waals surface area contributed by atoms with Crippen LogP contribution in [-0.2, 0) is 19.1 Å². The maximum absolute atomic E-state index is 11.8. The van der Waals surface area contributed by atoms with Crippen LogP contribution in [0.25, 0.3) is 0 Å². The number of hydrogen-bond acceptors (Lipinski definition) is 4. The third kappa shape index (κ3) is 3.21. The molecule has 4 aliphatic carbocycles. The molecule has 4 bridgehead atoms. The fourth-order valence-corrected chi connectivity index (χ4v) is 6.98. The third-order valence-electron chi connectivity index (χ3n) is 8.36. The Balaban J connectivity index is 0.000000211. The van der Waals surface area contributed by atoms with Gasteiger partial charge in [-0.1, -0.05) is 21.8 Å². The molecular weight excluding hydrogens is 340 g/mol. The molecule has 0 amide bonds. The van der Waals surface area contributed by atoms with Crippen LogP contribution in [0.15, 0.2) is 0 Å². The SMILES string of the molecule is C.C.CCC(C)(C)C(=O)OC.O=C1OCC2C3CC(C12)C1C2CCC(C2)C31. The van der Waals surface area contributed by atoms with Crippen molar-refractivity contribution in [1.82, 2.24) is 0 Å². The number of carbonyl (C=O) groups excluding carboxylic acids is 2. The molecule has 0 N–H and O–H groups in total. The molecule has 1 aliphatic heterocycles. The number of ether oxygens (including phenoxy) is 2. The van der Waals surface area contributed by atoms with Gasteiger partial charge >= 0.3 is 11.9 Å². The van der Waals surface area contributed by atoms with Gasteiger partial charge in [0.15, 0.2) is 0 Å². The highest BCUT2D eigenvalue weighted by molar-refractivity contribution is 5.76. The number of cyclic esters (lactones) is 1. The molecular formula is C23H40O4. The van der Waals surface area contributed by atoms with E-state index in [1.54, 1.807) is 0 Å². The largest absolute Gasteiger partial charge is 0.469 e. The minimum atomic E-state index is -0.311. The molecule has 0 aromatic rings. The van der Waals surface area contributed by atoms with Crippen LogP contribution in [0.5, 0.6) is 0 Å². The van der Waals surface area contributed by atoms with Crippen LogP contribution in [0.3, 0.4) is 0 Å². The van der Waals surface area contributed by atoms with Crippen LogP contribution in [0, 0.1) is 52.8 Å². The Morgan fingerprint density at radius 3 is 2.19 bits per heavy atom. The van der Waals surface area contributed by atoms with Gasteiger partial charge in [0.05, 0.1) is 25.0 Å². The van der Waals surface area contributed by atoms with Gasteiger partial charge in [-0.2, -0.15) is 0 Å². The van der Waals surface area contributed by atoms with Crippen molar-refractivity contribution in [1.29, 1.82) is 0 Å². The summed E-state index contributed by atoms with van der Waals surface area (Å²) in [6, 6.07) is 0. The zero-order valence-electron chi connectivity index (χ0n) is 16.0. The molecule has 5 rings (SSSR count). The zero-order chi connectivity index (χ0) is 17.9. The van der Waals surface area contributed by atoms with E-state index in [4.69, 9.17) is 4.74 Å². The van der Waals surface area contributed by atoms with Crippen molar-refractivity contribution in [2.75, 3.05) is 13.7 Å². The van der Waals surface area contributed by atoms with E-state index >= 15 is 0 Å². The Morgan fingerprint density at radius 2 is 1.67 bits per heavy atom. The van der Waals surface area contributed by atoms with Gasteiger partial charge < -0.3 is 9.47 Å². The van der Waals surface area contributed by atoms with Gasteiger partial charge in [-0.15, -0.1) is 0 Å². The average molecular weight is 381 g/mol. The van der Waals surface area contributed by atoms with Gasteiger partial charge in [0.1, 0.15) is 0 Å².